The molecule has 1 amide bonds. The fourth-order valence-corrected chi connectivity index (χ4v) is 6.77. The van der Waals surface area contributed by atoms with Crippen molar-refractivity contribution in [1.29, 1.82) is 0 Å². The quantitative estimate of drug-likeness (QED) is 0.527. The van der Waals surface area contributed by atoms with Crippen LogP contribution in [0.15, 0.2) is 47.4 Å². The van der Waals surface area contributed by atoms with Gasteiger partial charge in [0.15, 0.2) is 5.13 Å². The highest BCUT2D eigenvalue weighted by atomic mass is 32.2. The molecule has 0 spiro atoms. The maximum absolute atomic E-state index is 13.1. The van der Waals surface area contributed by atoms with Gasteiger partial charge in [-0.15, -0.1) is 11.3 Å². The van der Waals surface area contributed by atoms with Crippen LogP contribution in [-0.2, 0) is 14.8 Å². The van der Waals surface area contributed by atoms with Crippen molar-refractivity contribution in [2.45, 2.75) is 38.5 Å². The molecule has 0 aliphatic carbocycles. The fraction of sp³-hybridized carbons (Fsp3) is 0.360. The minimum Gasteiger partial charge on any atom is -0.497 e. The Bertz CT molecular complexity index is 1290. The SMILES string of the molecule is COc1ccc(-c2nc(NC(=O)C3CCN(S(=O)(=O)c4ccc(C)cc4C)CC3)sc2C)cc1. The summed E-state index contributed by atoms with van der Waals surface area (Å²) in [6.45, 7) is 6.38. The Balaban J connectivity index is 1.39. The van der Waals surface area contributed by atoms with Crippen LogP contribution in [-0.4, -0.2) is 43.8 Å². The second kappa shape index (κ2) is 9.85. The number of benzene rings is 2. The molecule has 1 aromatic heterocycles. The molecule has 1 aliphatic heterocycles. The van der Waals surface area contributed by atoms with Gasteiger partial charge in [0.2, 0.25) is 15.9 Å². The summed E-state index contributed by atoms with van der Waals surface area (Å²) in [5.41, 5.74) is 3.56. The van der Waals surface area contributed by atoms with Crippen LogP contribution >= 0.6 is 11.3 Å². The predicted octanol–water partition coefficient (Wildman–Crippen LogP) is 4.78. The molecule has 1 aliphatic rings. The zero-order chi connectivity index (χ0) is 24.5. The van der Waals surface area contributed by atoms with E-state index in [9.17, 15) is 13.2 Å². The smallest absolute Gasteiger partial charge is 0.243 e. The molecule has 9 heteroatoms. The van der Waals surface area contributed by atoms with Crippen LogP contribution in [0.2, 0.25) is 0 Å². The highest BCUT2D eigenvalue weighted by Crippen LogP contribution is 2.32. The van der Waals surface area contributed by atoms with E-state index >= 15 is 0 Å². The number of methoxy groups -OCH3 is 1. The van der Waals surface area contributed by atoms with Crippen LogP contribution in [0.4, 0.5) is 5.13 Å². The van der Waals surface area contributed by atoms with E-state index in [0.717, 1.165) is 33.0 Å². The van der Waals surface area contributed by atoms with E-state index in [4.69, 9.17) is 4.74 Å². The monoisotopic (exact) mass is 499 g/mol. The van der Waals surface area contributed by atoms with Gasteiger partial charge in [-0.1, -0.05) is 17.7 Å². The molecule has 4 rings (SSSR count). The van der Waals surface area contributed by atoms with Crippen molar-refractivity contribution < 1.29 is 17.9 Å². The summed E-state index contributed by atoms with van der Waals surface area (Å²) in [6.07, 6.45) is 0.956. The Morgan fingerprint density at radius 1 is 1.09 bits per heavy atom. The van der Waals surface area contributed by atoms with E-state index in [1.165, 1.54) is 15.6 Å². The summed E-state index contributed by atoms with van der Waals surface area (Å²) in [5.74, 6) is 0.411. The van der Waals surface area contributed by atoms with Crippen LogP contribution in [0.25, 0.3) is 11.3 Å². The van der Waals surface area contributed by atoms with Gasteiger partial charge in [0.25, 0.3) is 0 Å². The second-order valence-electron chi connectivity index (χ2n) is 8.59. The first-order valence-electron chi connectivity index (χ1n) is 11.2. The highest BCUT2D eigenvalue weighted by Gasteiger charge is 2.33. The normalized spacial score (nSPS) is 15.3. The summed E-state index contributed by atoms with van der Waals surface area (Å²) in [5, 5.41) is 3.50. The molecule has 1 fully saturated rings. The maximum Gasteiger partial charge on any atom is 0.243 e. The Kier molecular flexibility index (Phi) is 7.06. The molecule has 0 saturated carbocycles. The van der Waals surface area contributed by atoms with Crippen molar-refractivity contribution in [3.8, 4) is 17.0 Å². The van der Waals surface area contributed by atoms with Crippen molar-refractivity contribution in [2.24, 2.45) is 5.92 Å². The molecule has 3 aromatic rings. The number of piperidine rings is 1. The molecule has 2 aromatic carbocycles. The average molecular weight is 500 g/mol. The topological polar surface area (TPSA) is 88.6 Å². The number of rotatable bonds is 6. The Morgan fingerprint density at radius 3 is 2.38 bits per heavy atom. The summed E-state index contributed by atoms with van der Waals surface area (Å²) < 4.78 is 32.9. The van der Waals surface area contributed by atoms with E-state index in [2.05, 4.69) is 10.3 Å². The van der Waals surface area contributed by atoms with Gasteiger partial charge < -0.3 is 10.1 Å². The molecule has 1 saturated heterocycles. The van der Waals surface area contributed by atoms with Crippen LogP contribution in [0.3, 0.4) is 0 Å². The first-order valence-corrected chi connectivity index (χ1v) is 13.4. The van der Waals surface area contributed by atoms with Crippen molar-refractivity contribution in [1.82, 2.24) is 9.29 Å². The molecule has 2 heterocycles. The fourth-order valence-electron chi connectivity index (χ4n) is 4.26. The molecule has 34 heavy (non-hydrogen) atoms. The van der Waals surface area contributed by atoms with Gasteiger partial charge in [0.05, 0.1) is 17.7 Å². The number of sulfonamides is 1. The van der Waals surface area contributed by atoms with E-state index in [0.29, 0.717) is 36.0 Å². The summed E-state index contributed by atoms with van der Waals surface area (Å²) in [4.78, 5) is 18.9. The number of thiazole rings is 1. The third-order valence-electron chi connectivity index (χ3n) is 6.16. The minimum atomic E-state index is -3.57. The van der Waals surface area contributed by atoms with Gasteiger partial charge in [-0.25, -0.2) is 13.4 Å². The molecule has 1 N–H and O–H groups in total. The molecular weight excluding hydrogens is 470 g/mol. The zero-order valence-corrected chi connectivity index (χ0v) is 21.4. The molecule has 180 valence electrons. The third-order valence-corrected chi connectivity index (χ3v) is 9.11. The van der Waals surface area contributed by atoms with Crippen molar-refractivity contribution in [3.05, 3.63) is 58.5 Å². The lowest BCUT2D eigenvalue weighted by Crippen LogP contribution is -2.41. The van der Waals surface area contributed by atoms with E-state index in [-0.39, 0.29) is 11.8 Å². The molecular formula is C25H29N3O4S2. The first-order chi connectivity index (χ1) is 16.2. The Labute approximate surface area is 204 Å². The number of hydrogen-bond donors (Lipinski definition) is 1. The number of carbonyl (C=O) groups is 1. The molecule has 0 unspecified atom stereocenters. The van der Waals surface area contributed by atoms with Gasteiger partial charge in [-0.3, -0.25) is 4.79 Å². The zero-order valence-electron chi connectivity index (χ0n) is 19.8. The predicted molar refractivity (Wildman–Crippen MR) is 135 cm³/mol. The lowest BCUT2D eigenvalue weighted by molar-refractivity contribution is -0.120. The second-order valence-corrected chi connectivity index (χ2v) is 11.7. The number of anilines is 1. The number of aryl methyl sites for hydroxylation is 3. The van der Waals surface area contributed by atoms with Crippen LogP contribution in [0.1, 0.15) is 28.8 Å². The number of nitrogens with one attached hydrogen (secondary N) is 1. The summed E-state index contributed by atoms with van der Waals surface area (Å²) in [6, 6.07) is 13.0. The third kappa shape index (κ3) is 5.01. The lowest BCUT2D eigenvalue weighted by atomic mass is 9.97. The number of ether oxygens (including phenoxy) is 1. The van der Waals surface area contributed by atoms with Crippen LogP contribution in [0.5, 0.6) is 5.75 Å². The Hall–Kier alpha value is -2.75. The van der Waals surface area contributed by atoms with Crippen LogP contribution < -0.4 is 10.1 Å². The average Bonchev–Trinajstić information content (AvgIpc) is 3.18. The molecule has 7 nitrogen and oxygen atoms in total. The molecule has 0 radical (unpaired) electrons. The van der Waals surface area contributed by atoms with Gasteiger partial charge in [-0.2, -0.15) is 4.31 Å². The van der Waals surface area contributed by atoms with Crippen molar-refractivity contribution in [3.63, 3.8) is 0 Å². The van der Waals surface area contributed by atoms with Gasteiger partial charge in [-0.05, 0) is 69.5 Å². The summed E-state index contributed by atoms with van der Waals surface area (Å²) >= 11 is 1.44. The minimum absolute atomic E-state index is 0.112. The number of carbonyl (C=O) groups excluding carboxylic acids is 1. The molecule has 0 atom stereocenters. The van der Waals surface area contributed by atoms with E-state index in [1.807, 2.05) is 57.2 Å². The van der Waals surface area contributed by atoms with Crippen LogP contribution in [0, 0.1) is 26.7 Å². The van der Waals surface area contributed by atoms with E-state index in [1.54, 1.807) is 13.2 Å². The summed E-state index contributed by atoms with van der Waals surface area (Å²) in [7, 11) is -1.95. The first kappa shape index (κ1) is 24.4. The van der Waals surface area contributed by atoms with Crippen molar-refractivity contribution >= 4 is 32.4 Å². The molecule has 0 bridgehead atoms. The number of hydrogen-bond acceptors (Lipinski definition) is 6. The number of nitrogens with zero attached hydrogens (tertiary/aromatic N) is 2. The highest BCUT2D eigenvalue weighted by molar-refractivity contribution is 7.89. The van der Waals surface area contributed by atoms with Crippen molar-refractivity contribution in [2.75, 3.05) is 25.5 Å². The number of aromatic nitrogens is 1. The Morgan fingerprint density at radius 2 is 1.76 bits per heavy atom. The van der Waals surface area contributed by atoms with E-state index < -0.39 is 10.0 Å². The lowest BCUT2D eigenvalue weighted by Gasteiger charge is -2.30. The largest absolute Gasteiger partial charge is 0.497 e. The maximum atomic E-state index is 13.1. The standard InChI is InChI=1S/C25H29N3O4S2/c1-16-5-10-22(17(2)15-16)34(30,31)28-13-11-20(12-14-28)24(29)27-25-26-23(18(3)33-25)19-6-8-21(32-4)9-7-19/h5-10,15,20H,11-14H2,1-4H3,(H,26,27,29). The van der Waals surface area contributed by atoms with Gasteiger partial charge >= 0.3 is 0 Å². The van der Waals surface area contributed by atoms with Gasteiger partial charge in [0.1, 0.15) is 5.75 Å². The van der Waals surface area contributed by atoms with Gasteiger partial charge in [0, 0.05) is 29.4 Å². The number of amides is 1.